The zero-order chi connectivity index (χ0) is 19.9. The van der Waals surface area contributed by atoms with Crippen molar-refractivity contribution in [2.24, 2.45) is 0 Å². The van der Waals surface area contributed by atoms with Gasteiger partial charge in [0.05, 0.1) is 35.8 Å². The molecule has 0 atom stereocenters. The molecule has 2 nitrogen and oxygen atoms in total. The van der Waals surface area contributed by atoms with Gasteiger partial charge in [-0.25, -0.2) is 0 Å². The van der Waals surface area contributed by atoms with Crippen LogP contribution in [0.1, 0.15) is 0 Å². The summed E-state index contributed by atoms with van der Waals surface area (Å²) in [5.41, 5.74) is 0. The highest BCUT2D eigenvalue weighted by Gasteiger charge is 2.23. The van der Waals surface area contributed by atoms with E-state index in [1.165, 1.54) is 0 Å². The molecule has 2 rings (SSSR count). The van der Waals surface area contributed by atoms with Crippen LogP contribution in [0.15, 0.2) is 57.3 Å². The number of benzene rings is 2. The molecule has 0 aliphatic heterocycles. The minimum atomic E-state index is 0.0787. The Morgan fingerprint density at radius 1 is 0.423 bits per heavy atom. The summed E-state index contributed by atoms with van der Waals surface area (Å²) in [5.74, 6) is 1.08. The molecular formula is C14H2Br10O2. The van der Waals surface area contributed by atoms with E-state index in [9.17, 15) is 0 Å². The fraction of sp³-hybridized carbons (Fsp3) is 0. The molecule has 0 amide bonds. The molecule has 0 fully saturated rings. The van der Waals surface area contributed by atoms with E-state index in [0.29, 0.717) is 29.4 Å². The fourth-order valence-electron chi connectivity index (χ4n) is 1.60. The van der Waals surface area contributed by atoms with E-state index < -0.39 is 0 Å². The Bertz CT molecular complexity index is 793. The van der Waals surface area contributed by atoms with Gasteiger partial charge in [-0.3, -0.25) is 0 Å². The van der Waals surface area contributed by atoms with Crippen molar-refractivity contribution in [3.63, 3.8) is 0 Å². The number of rotatable bonds is 4. The molecular weight excluding hydrogens is 999 g/mol. The summed E-state index contributed by atoms with van der Waals surface area (Å²) in [4.78, 5) is 0. The lowest BCUT2D eigenvalue weighted by molar-refractivity contribution is 0.224. The number of halogens is 10. The first-order valence-corrected chi connectivity index (χ1v) is 14.0. The van der Waals surface area contributed by atoms with Gasteiger partial charge in [-0.1, -0.05) is 0 Å². The number of hydrogen-bond donors (Lipinski definition) is 0. The molecule has 2 aromatic carbocycles. The lowest BCUT2D eigenvalue weighted by Gasteiger charge is -2.18. The van der Waals surface area contributed by atoms with Gasteiger partial charge in [0.25, 0.3) is 5.95 Å². The van der Waals surface area contributed by atoms with Gasteiger partial charge in [0.15, 0.2) is 11.5 Å². The highest BCUT2D eigenvalue weighted by atomic mass is 79.9. The van der Waals surface area contributed by atoms with Gasteiger partial charge >= 0.3 is 0 Å². The van der Waals surface area contributed by atoms with Crippen LogP contribution in [0.25, 0.3) is 0 Å². The fourth-order valence-corrected chi connectivity index (χ4v) is 7.94. The van der Waals surface area contributed by atoms with E-state index in [4.69, 9.17) is 9.47 Å². The van der Waals surface area contributed by atoms with Crippen molar-refractivity contribution in [1.29, 1.82) is 0 Å². The maximum absolute atomic E-state index is 5.84. The first-order valence-electron chi connectivity index (χ1n) is 6.06. The van der Waals surface area contributed by atoms with E-state index in [1.54, 1.807) is 0 Å². The normalized spacial score (nSPS) is 10.8. The standard InChI is InChI=1S/C14H2Br10O2/c1-2(25-13-9(21)5(17)3(15)6(18)10(13)22)26-14-11(23)7(19)4(16)8(20)12(14)24/h1H2. The summed E-state index contributed by atoms with van der Waals surface area (Å²) in [6.07, 6.45) is 0. The van der Waals surface area contributed by atoms with Crippen LogP contribution < -0.4 is 9.47 Å². The minimum Gasteiger partial charge on any atom is -0.424 e. The Labute approximate surface area is 233 Å². The molecule has 0 radical (unpaired) electrons. The second-order valence-corrected chi connectivity index (χ2v) is 12.3. The van der Waals surface area contributed by atoms with Gasteiger partial charge in [-0.05, 0) is 166 Å². The molecule has 0 spiro atoms. The van der Waals surface area contributed by atoms with E-state index in [-0.39, 0.29) is 5.95 Å². The molecule has 2 aromatic rings. The average Bonchev–Trinajstić information content (AvgIpc) is 2.62. The molecule has 0 saturated carbocycles. The maximum Gasteiger partial charge on any atom is 0.282 e. The first-order chi connectivity index (χ1) is 12.0. The minimum absolute atomic E-state index is 0.0787. The quantitative estimate of drug-likeness (QED) is 0.173. The van der Waals surface area contributed by atoms with Gasteiger partial charge in [0.1, 0.15) is 0 Å². The molecule has 0 N–H and O–H groups in total. The van der Waals surface area contributed by atoms with Gasteiger partial charge in [0, 0.05) is 8.95 Å². The van der Waals surface area contributed by atoms with Gasteiger partial charge < -0.3 is 9.47 Å². The van der Waals surface area contributed by atoms with Crippen LogP contribution in [0.4, 0.5) is 0 Å². The predicted molar refractivity (Wildman–Crippen MR) is 140 cm³/mol. The number of hydrogen-bond acceptors (Lipinski definition) is 2. The van der Waals surface area contributed by atoms with Crippen LogP contribution in [0.3, 0.4) is 0 Å². The monoisotopic (exact) mass is 991 g/mol. The third-order valence-electron chi connectivity index (χ3n) is 2.77. The molecule has 0 aliphatic carbocycles. The third kappa shape index (κ3) is 5.07. The van der Waals surface area contributed by atoms with Crippen molar-refractivity contribution in [1.82, 2.24) is 0 Å². The number of ether oxygens (including phenoxy) is 2. The van der Waals surface area contributed by atoms with Crippen LogP contribution in [0.5, 0.6) is 11.5 Å². The summed E-state index contributed by atoms with van der Waals surface area (Å²) in [7, 11) is 0. The lowest BCUT2D eigenvalue weighted by Crippen LogP contribution is -2.05. The van der Waals surface area contributed by atoms with Crippen molar-refractivity contribution in [3.05, 3.63) is 57.3 Å². The smallest absolute Gasteiger partial charge is 0.282 e. The molecule has 140 valence electrons. The van der Waals surface area contributed by atoms with Crippen LogP contribution in [-0.4, -0.2) is 0 Å². The molecule has 0 unspecified atom stereocenters. The van der Waals surface area contributed by atoms with Gasteiger partial charge in [-0.15, -0.1) is 0 Å². The highest BCUT2D eigenvalue weighted by Crippen LogP contribution is 2.51. The molecule has 0 aromatic heterocycles. The van der Waals surface area contributed by atoms with Crippen molar-refractivity contribution < 1.29 is 9.47 Å². The highest BCUT2D eigenvalue weighted by molar-refractivity contribution is 9.16. The molecule has 0 aliphatic rings. The molecule has 26 heavy (non-hydrogen) atoms. The van der Waals surface area contributed by atoms with Crippen LogP contribution in [0.2, 0.25) is 0 Å². The lowest BCUT2D eigenvalue weighted by atomic mass is 10.3. The summed E-state index contributed by atoms with van der Waals surface area (Å²) >= 11 is 35.0. The topological polar surface area (TPSA) is 18.5 Å². The van der Waals surface area contributed by atoms with Gasteiger partial charge in [0.2, 0.25) is 0 Å². The SMILES string of the molecule is C=C(Oc1c(Br)c(Br)c(Br)c(Br)c1Br)Oc1c(Br)c(Br)c(Br)c(Br)c1Br. The van der Waals surface area contributed by atoms with E-state index >= 15 is 0 Å². The van der Waals surface area contributed by atoms with Gasteiger partial charge in [-0.2, -0.15) is 0 Å². The van der Waals surface area contributed by atoms with E-state index in [0.717, 1.165) is 26.8 Å². The summed E-state index contributed by atoms with van der Waals surface area (Å²) in [6.45, 7) is 3.86. The van der Waals surface area contributed by atoms with E-state index in [1.807, 2.05) is 0 Å². The summed E-state index contributed by atoms with van der Waals surface area (Å²) in [5, 5.41) is 0. The molecule has 12 heteroatoms. The second kappa shape index (κ2) is 10.3. The van der Waals surface area contributed by atoms with Crippen molar-refractivity contribution >= 4 is 159 Å². The van der Waals surface area contributed by atoms with Crippen LogP contribution in [0, 0.1) is 0 Å². The third-order valence-corrected chi connectivity index (χ3v) is 14.8. The predicted octanol–water partition coefficient (Wildman–Crippen LogP) is 11.2. The maximum atomic E-state index is 5.84. The Morgan fingerprint density at radius 3 is 0.846 bits per heavy atom. The zero-order valence-electron chi connectivity index (χ0n) is 11.8. The van der Waals surface area contributed by atoms with Crippen molar-refractivity contribution in [2.75, 3.05) is 0 Å². The Hall–Kier alpha value is 2.58. The Kier molecular flexibility index (Phi) is 9.80. The van der Waals surface area contributed by atoms with Crippen molar-refractivity contribution in [3.8, 4) is 11.5 Å². The first kappa shape index (κ1) is 24.8. The van der Waals surface area contributed by atoms with Crippen LogP contribution >= 0.6 is 159 Å². The molecule has 0 heterocycles. The van der Waals surface area contributed by atoms with E-state index in [2.05, 4.69) is 166 Å². The molecule has 0 saturated heterocycles. The average molecular weight is 1000 g/mol. The largest absolute Gasteiger partial charge is 0.424 e. The zero-order valence-corrected chi connectivity index (χ0v) is 27.7. The summed E-state index contributed by atoms with van der Waals surface area (Å²) < 4.78 is 19.3. The molecule has 0 bridgehead atoms. The second-order valence-electron chi connectivity index (χ2n) is 4.37. The Balaban J connectivity index is 2.41. The van der Waals surface area contributed by atoms with Crippen LogP contribution in [-0.2, 0) is 0 Å². The Morgan fingerprint density at radius 2 is 0.615 bits per heavy atom. The van der Waals surface area contributed by atoms with Crippen molar-refractivity contribution in [2.45, 2.75) is 0 Å². The summed E-state index contributed by atoms with van der Waals surface area (Å²) in [6, 6.07) is 0.